The summed E-state index contributed by atoms with van der Waals surface area (Å²) in [5, 5.41) is 4.22. The first-order chi connectivity index (χ1) is 11.6. The average molecular weight is 349 g/mol. The summed E-state index contributed by atoms with van der Waals surface area (Å²) in [5.41, 5.74) is 2.27. The Morgan fingerprint density at radius 1 is 1.33 bits per heavy atom. The standard InChI is InChI=1S/C16H23N5O2S/c1-3-20(4-2)24(23)18-16(22)14-12-17-21-10-7-13(11-15(14)21)19-8-5-6-9-19/h7,10-12H,3-6,8-9H2,1-2H3,(H,18,22). The highest BCUT2D eigenvalue weighted by atomic mass is 32.2. The number of nitrogens with zero attached hydrogens (tertiary/aromatic N) is 4. The van der Waals surface area contributed by atoms with E-state index in [0.29, 0.717) is 18.7 Å². The average Bonchev–Trinajstić information content (AvgIpc) is 3.25. The number of fused-ring (bicyclic) bond motifs is 1. The lowest BCUT2D eigenvalue weighted by molar-refractivity contribution is 0.0983. The second kappa shape index (κ2) is 7.31. The van der Waals surface area contributed by atoms with Gasteiger partial charge in [0.15, 0.2) is 11.2 Å². The molecule has 7 nitrogen and oxygen atoms in total. The van der Waals surface area contributed by atoms with Gasteiger partial charge in [0.2, 0.25) is 0 Å². The third kappa shape index (κ3) is 3.29. The number of pyridine rings is 1. The van der Waals surface area contributed by atoms with Crippen LogP contribution in [0.5, 0.6) is 0 Å². The molecule has 2 aromatic rings. The van der Waals surface area contributed by atoms with Crippen LogP contribution in [-0.2, 0) is 11.2 Å². The molecule has 3 heterocycles. The Morgan fingerprint density at radius 3 is 2.71 bits per heavy atom. The first-order valence-corrected chi connectivity index (χ1v) is 9.44. The highest BCUT2D eigenvalue weighted by Gasteiger charge is 2.19. The van der Waals surface area contributed by atoms with Crippen LogP contribution in [0.25, 0.3) is 5.52 Å². The molecule has 8 heteroatoms. The Morgan fingerprint density at radius 2 is 2.04 bits per heavy atom. The molecule has 0 aliphatic carbocycles. The van der Waals surface area contributed by atoms with Crippen molar-refractivity contribution in [2.24, 2.45) is 0 Å². The van der Waals surface area contributed by atoms with E-state index in [1.54, 1.807) is 8.82 Å². The highest BCUT2D eigenvalue weighted by molar-refractivity contribution is 7.81. The number of rotatable bonds is 6. The summed E-state index contributed by atoms with van der Waals surface area (Å²) in [6.07, 6.45) is 5.78. The molecule has 1 fully saturated rings. The fourth-order valence-corrected chi connectivity index (χ4v) is 3.84. The van der Waals surface area contributed by atoms with Gasteiger partial charge in [-0.15, -0.1) is 0 Å². The second-order valence-corrected chi connectivity index (χ2v) is 6.98. The van der Waals surface area contributed by atoms with Crippen molar-refractivity contribution in [2.75, 3.05) is 31.1 Å². The summed E-state index contributed by atoms with van der Waals surface area (Å²) in [5.74, 6) is -0.367. The van der Waals surface area contributed by atoms with Crippen LogP contribution in [0.4, 0.5) is 5.69 Å². The van der Waals surface area contributed by atoms with E-state index in [9.17, 15) is 9.00 Å². The molecular formula is C16H23N5O2S. The van der Waals surface area contributed by atoms with Crippen LogP contribution in [0.1, 0.15) is 37.0 Å². The molecule has 1 aliphatic heterocycles. The van der Waals surface area contributed by atoms with Crippen LogP contribution in [0.2, 0.25) is 0 Å². The van der Waals surface area contributed by atoms with E-state index < -0.39 is 11.2 Å². The minimum atomic E-state index is -1.54. The monoisotopic (exact) mass is 349 g/mol. The zero-order chi connectivity index (χ0) is 17.1. The Hall–Kier alpha value is -1.93. The van der Waals surface area contributed by atoms with Gasteiger partial charge >= 0.3 is 0 Å². The summed E-state index contributed by atoms with van der Waals surface area (Å²) in [7, 11) is 0. The molecule has 1 N–H and O–H groups in total. The van der Waals surface area contributed by atoms with Crippen molar-refractivity contribution in [3.05, 3.63) is 30.1 Å². The summed E-state index contributed by atoms with van der Waals surface area (Å²) < 4.78 is 18.1. The quantitative estimate of drug-likeness (QED) is 0.860. The molecule has 1 saturated heterocycles. The van der Waals surface area contributed by atoms with Crippen LogP contribution in [0, 0.1) is 0 Å². The third-order valence-corrected chi connectivity index (χ3v) is 5.69. The molecule has 1 amide bonds. The molecule has 130 valence electrons. The Kier molecular flexibility index (Phi) is 5.15. The number of nitrogens with one attached hydrogen (secondary N) is 1. The van der Waals surface area contributed by atoms with Crippen molar-refractivity contribution in [1.29, 1.82) is 0 Å². The molecule has 2 aromatic heterocycles. The first-order valence-electron chi connectivity index (χ1n) is 8.34. The molecule has 24 heavy (non-hydrogen) atoms. The van der Waals surface area contributed by atoms with Crippen molar-refractivity contribution in [2.45, 2.75) is 26.7 Å². The van der Waals surface area contributed by atoms with Crippen molar-refractivity contribution in [3.8, 4) is 0 Å². The number of aromatic nitrogens is 2. The zero-order valence-corrected chi connectivity index (χ0v) is 14.9. The van der Waals surface area contributed by atoms with Gasteiger partial charge in [-0.05, 0) is 25.0 Å². The van der Waals surface area contributed by atoms with Crippen molar-refractivity contribution in [3.63, 3.8) is 0 Å². The molecule has 3 rings (SSSR count). The normalized spacial score (nSPS) is 16.0. The molecule has 0 bridgehead atoms. The minimum Gasteiger partial charge on any atom is -0.371 e. The van der Waals surface area contributed by atoms with E-state index in [2.05, 4.69) is 14.7 Å². The molecule has 1 aliphatic rings. The van der Waals surface area contributed by atoms with Crippen LogP contribution in [-0.4, -0.2) is 50.2 Å². The van der Waals surface area contributed by atoms with Gasteiger partial charge < -0.3 is 4.90 Å². The molecule has 0 aromatic carbocycles. The topological polar surface area (TPSA) is 70.0 Å². The largest absolute Gasteiger partial charge is 0.371 e. The number of hydrogen-bond acceptors (Lipinski definition) is 4. The van der Waals surface area contributed by atoms with Crippen LogP contribution in [0.3, 0.4) is 0 Å². The first kappa shape index (κ1) is 16.9. The zero-order valence-electron chi connectivity index (χ0n) is 14.1. The number of hydrogen-bond donors (Lipinski definition) is 1. The summed E-state index contributed by atoms with van der Waals surface area (Å²) in [6.45, 7) is 7.11. The predicted octanol–water partition coefficient (Wildman–Crippen LogP) is 1.58. The molecule has 0 radical (unpaired) electrons. The highest BCUT2D eigenvalue weighted by Crippen LogP contribution is 2.23. The minimum absolute atomic E-state index is 0.367. The van der Waals surface area contributed by atoms with Gasteiger partial charge in [0, 0.05) is 38.1 Å². The summed E-state index contributed by atoms with van der Waals surface area (Å²) in [4.78, 5) is 14.8. The lowest BCUT2D eigenvalue weighted by Gasteiger charge is -2.18. The number of amides is 1. The predicted molar refractivity (Wildman–Crippen MR) is 95.2 cm³/mol. The van der Waals surface area contributed by atoms with E-state index in [1.807, 2.05) is 32.2 Å². The van der Waals surface area contributed by atoms with E-state index >= 15 is 0 Å². The maximum Gasteiger partial charge on any atom is 0.267 e. The van der Waals surface area contributed by atoms with Crippen molar-refractivity contribution >= 4 is 28.3 Å². The van der Waals surface area contributed by atoms with Crippen LogP contribution in [0.15, 0.2) is 24.5 Å². The summed E-state index contributed by atoms with van der Waals surface area (Å²) >= 11 is -1.54. The Balaban J connectivity index is 1.84. The van der Waals surface area contributed by atoms with E-state index in [-0.39, 0.29) is 5.91 Å². The SMILES string of the molecule is CCN(CC)S(=O)NC(=O)c1cnn2ccc(N3CCCC3)cc12. The van der Waals surface area contributed by atoms with Crippen molar-refractivity contribution in [1.82, 2.24) is 18.6 Å². The molecule has 0 saturated carbocycles. The van der Waals surface area contributed by atoms with Gasteiger partial charge in [0.1, 0.15) is 0 Å². The fourth-order valence-electron chi connectivity index (χ4n) is 2.97. The van der Waals surface area contributed by atoms with Crippen LogP contribution >= 0.6 is 0 Å². The summed E-state index contributed by atoms with van der Waals surface area (Å²) in [6, 6.07) is 3.99. The number of carbonyl (C=O) groups is 1. The van der Waals surface area contributed by atoms with E-state index in [1.165, 1.54) is 19.0 Å². The molecule has 1 atom stereocenters. The Bertz CT molecular complexity index is 750. The van der Waals surface area contributed by atoms with Gasteiger partial charge in [-0.2, -0.15) is 5.10 Å². The lowest BCUT2D eigenvalue weighted by atomic mass is 10.2. The van der Waals surface area contributed by atoms with Crippen molar-refractivity contribution < 1.29 is 9.00 Å². The van der Waals surface area contributed by atoms with Gasteiger partial charge in [0.05, 0.1) is 17.3 Å². The molecule has 1 unspecified atom stereocenters. The van der Waals surface area contributed by atoms with Gasteiger partial charge in [-0.1, -0.05) is 13.8 Å². The Labute approximate surface area is 144 Å². The third-order valence-electron chi connectivity index (χ3n) is 4.34. The van der Waals surface area contributed by atoms with Gasteiger partial charge in [-0.25, -0.2) is 13.0 Å². The lowest BCUT2D eigenvalue weighted by Crippen LogP contribution is -2.38. The maximum absolute atomic E-state index is 12.5. The smallest absolute Gasteiger partial charge is 0.267 e. The van der Waals surface area contributed by atoms with E-state index in [0.717, 1.165) is 24.3 Å². The number of carbonyl (C=O) groups excluding carboxylic acids is 1. The van der Waals surface area contributed by atoms with Gasteiger partial charge in [-0.3, -0.25) is 9.52 Å². The fraction of sp³-hybridized carbons (Fsp3) is 0.500. The van der Waals surface area contributed by atoms with E-state index in [4.69, 9.17) is 0 Å². The number of anilines is 1. The van der Waals surface area contributed by atoms with Crippen LogP contribution < -0.4 is 9.62 Å². The molecular weight excluding hydrogens is 326 g/mol. The second-order valence-electron chi connectivity index (χ2n) is 5.76. The molecule has 0 spiro atoms. The maximum atomic E-state index is 12.5. The van der Waals surface area contributed by atoms with Gasteiger partial charge in [0.25, 0.3) is 5.91 Å².